The van der Waals surface area contributed by atoms with Crippen LogP contribution in [0.15, 0.2) is 30.3 Å². The standard InChI is InChI=1S/C16H24F2N2O3S/c1-19(24(21,22)20-10-5-12-23-13-11-20)15(16(17)18)9-8-14-6-3-2-4-7-14/h2-4,6-7,15-16H,5,8-13H2,1H3. The van der Waals surface area contributed by atoms with Gasteiger partial charge in [-0.3, -0.25) is 0 Å². The molecule has 24 heavy (non-hydrogen) atoms. The maximum absolute atomic E-state index is 13.5. The fourth-order valence-electron chi connectivity index (χ4n) is 2.73. The number of aryl methyl sites for hydroxylation is 1. The number of rotatable bonds is 7. The number of benzene rings is 1. The zero-order valence-corrected chi connectivity index (χ0v) is 14.6. The Balaban J connectivity index is 2.07. The van der Waals surface area contributed by atoms with Crippen molar-refractivity contribution < 1.29 is 21.9 Å². The molecule has 1 aliphatic rings. The lowest BCUT2D eigenvalue weighted by atomic mass is 10.1. The summed E-state index contributed by atoms with van der Waals surface area (Å²) < 4.78 is 59.6. The second-order valence-electron chi connectivity index (χ2n) is 5.82. The number of ether oxygens (including phenoxy) is 1. The largest absolute Gasteiger partial charge is 0.380 e. The summed E-state index contributed by atoms with van der Waals surface area (Å²) in [6.45, 7) is 1.26. The smallest absolute Gasteiger partial charge is 0.282 e. The molecule has 1 unspecified atom stereocenters. The molecule has 1 fully saturated rings. The molecule has 136 valence electrons. The highest BCUT2D eigenvalue weighted by atomic mass is 32.2. The minimum atomic E-state index is -3.93. The van der Waals surface area contributed by atoms with Gasteiger partial charge in [-0.05, 0) is 24.8 Å². The van der Waals surface area contributed by atoms with Crippen molar-refractivity contribution in [2.75, 3.05) is 33.4 Å². The van der Waals surface area contributed by atoms with E-state index >= 15 is 0 Å². The van der Waals surface area contributed by atoms with Crippen molar-refractivity contribution in [1.82, 2.24) is 8.61 Å². The van der Waals surface area contributed by atoms with Gasteiger partial charge in [0.25, 0.3) is 16.6 Å². The molecule has 0 spiro atoms. The molecule has 1 aliphatic heterocycles. The zero-order valence-electron chi connectivity index (χ0n) is 13.8. The van der Waals surface area contributed by atoms with Crippen molar-refractivity contribution in [2.24, 2.45) is 0 Å². The zero-order chi connectivity index (χ0) is 17.6. The van der Waals surface area contributed by atoms with Crippen molar-refractivity contribution >= 4 is 10.2 Å². The average Bonchev–Trinajstić information content (AvgIpc) is 2.85. The molecule has 1 saturated heterocycles. The van der Waals surface area contributed by atoms with Crippen LogP contribution in [-0.4, -0.2) is 62.8 Å². The number of nitrogens with zero attached hydrogens (tertiary/aromatic N) is 2. The summed E-state index contributed by atoms with van der Waals surface area (Å²) in [5, 5.41) is 0. The molecule has 0 radical (unpaired) electrons. The van der Waals surface area contributed by atoms with Crippen LogP contribution in [0.3, 0.4) is 0 Å². The second-order valence-corrected chi connectivity index (χ2v) is 7.80. The summed E-state index contributed by atoms with van der Waals surface area (Å²) in [5.41, 5.74) is 0.914. The SMILES string of the molecule is CN(C(CCc1ccccc1)C(F)F)S(=O)(=O)N1CCCOCC1. The molecular formula is C16H24F2N2O3S. The van der Waals surface area contributed by atoms with Crippen LogP contribution in [0.4, 0.5) is 8.78 Å². The fraction of sp³-hybridized carbons (Fsp3) is 0.625. The summed E-state index contributed by atoms with van der Waals surface area (Å²) in [5.74, 6) is 0. The van der Waals surface area contributed by atoms with Gasteiger partial charge < -0.3 is 4.74 Å². The number of hydrogen-bond donors (Lipinski definition) is 0. The molecule has 1 aromatic carbocycles. The topological polar surface area (TPSA) is 49.9 Å². The van der Waals surface area contributed by atoms with Crippen molar-refractivity contribution in [3.8, 4) is 0 Å². The van der Waals surface area contributed by atoms with Crippen LogP contribution in [0, 0.1) is 0 Å². The van der Waals surface area contributed by atoms with Crippen molar-refractivity contribution in [1.29, 1.82) is 0 Å². The van der Waals surface area contributed by atoms with Crippen LogP contribution in [0.1, 0.15) is 18.4 Å². The Bertz CT molecular complexity index is 591. The summed E-state index contributed by atoms with van der Waals surface area (Å²) in [6, 6.07) is 7.88. The van der Waals surface area contributed by atoms with Crippen LogP contribution in [0.2, 0.25) is 0 Å². The van der Waals surface area contributed by atoms with E-state index in [4.69, 9.17) is 4.74 Å². The monoisotopic (exact) mass is 362 g/mol. The van der Waals surface area contributed by atoms with Gasteiger partial charge in [-0.1, -0.05) is 30.3 Å². The Hall–Kier alpha value is -1.09. The van der Waals surface area contributed by atoms with Gasteiger partial charge in [0.15, 0.2) is 0 Å². The van der Waals surface area contributed by atoms with Crippen LogP contribution < -0.4 is 0 Å². The van der Waals surface area contributed by atoms with E-state index in [9.17, 15) is 17.2 Å². The molecule has 5 nitrogen and oxygen atoms in total. The Labute approximate surface area is 142 Å². The molecule has 0 aliphatic carbocycles. The highest BCUT2D eigenvalue weighted by Crippen LogP contribution is 2.21. The third-order valence-corrected chi connectivity index (χ3v) is 6.22. The first-order chi connectivity index (χ1) is 11.4. The van der Waals surface area contributed by atoms with E-state index in [1.54, 1.807) is 0 Å². The summed E-state index contributed by atoms with van der Waals surface area (Å²) >= 11 is 0. The average molecular weight is 362 g/mol. The molecular weight excluding hydrogens is 338 g/mol. The first-order valence-electron chi connectivity index (χ1n) is 8.06. The lowest BCUT2D eigenvalue weighted by Gasteiger charge is -2.31. The van der Waals surface area contributed by atoms with Crippen LogP contribution in [0.5, 0.6) is 0 Å². The predicted molar refractivity (Wildman–Crippen MR) is 88.2 cm³/mol. The third-order valence-electron chi connectivity index (χ3n) is 4.20. The molecule has 8 heteroatoms. The summed E-state index contributed by atoms with van der Waals surface area (Å²) in [4.78, 5) is 0. The number of alkyl halides is 2. The van der Waals surface area contributed by atoms with E-state index in [2.05, 4.69) is 0 Å². The molecule has 1 heterocycles. The maximum Gasteiger partial charge on any atom is 0.282 e. The van der Waals surface area contributed by atoms with Gasteiger partial charge in [0.1, 0.15) is 0 Å². The molecule has 2 rings (SSSR count). The predicted octanol–water partition coefficient (Wildman–Crippen LogP) is 2.15. The van der Waals surface area contributed by atoms with Gasteiger partial charge >= 0.3 is 0 Å². The maximum atomic E-state index is 13.5. The molecule has 0 aromatic heterocycles. The van der Waals surface area contributed by atoms with E-state index in [0.29, 0.717) is 26.0 Å². The number of hydrogen-bond acceptors (Lipinski definition) is 3. The fourth-order valence-corrected chi connectivity index (χ4v) is 4.30. The second kappa shape index (κ2) is 8.84. The Morgan fingerprint density at radius 2 is 1.92 bits per heavy atom. The quantitative estimate of drug-likeness (QED) is 0.747. The van der Waals surface area contributed by atoms with Crippen molar-refractivity contribution in [3.63, 3.8) is 0 Å². The lowest BCUT2D eigenvalue weighted by Crippen LogP contribution is -2.49. The van der Waals surface area contributed by atoms with E-state index in [0.717, 1.165) is 9.87 Å². The van der Waals surface area contributed by atoms with Crippen LogP contribution in [0.25, 0.3) is 0 Å². The van der Waals surface area contributed by atoms with Crippen molar-refractivity contribution in [3.05, 3.63) is 35.9 Å². The molecule has 0 N–H and O–H groups in total. The lowest BCUT2D eigenvalue weighted by molar-refractivity contribution is 0.0632. The first kappa shape index (κ1) is 19.2. The van der Waals surface area contributed by atoms with Gasteiger partial charge in [0.05, 0.1) is 12.6 Å². The van der Waals surface area contributed by atoms with Crippen molar-refractivity contribution in [2.45, 2.75) is 31.7 Å². The Morgan fingerprint density at radius 1 is 1.21 bits per heavy atom. The minimum absolute atomic E-state index is 0.0712. The van der Waals surface area contributed by atoms with E-state index in [-0.39, 0.29) is 19.6 Å². The van der Waals surface area contributed by atoms with Gasteiger partial charge in [-0.25, -0.2) is 8.78 Å². The van der Waals surface area contributed by atoms with Gasteiger partial charge in [0.2, 0.25) is 0 Å². The molecule has 0 saturated carbocycles. The van der Waals surface area contributed by atoms with Crippen LogP contribution >= 0.6 is 0 Å². The van der Waals surface area contributed by atoms with Crippen LogP contribution in [-0.2, 0) is 21.4 Å². The van der Waals surface area contributed by atoms with Gasteiger partial charge in [-0.2, -0.15) is 17.0 Å². The van der Waals surface area contributed by atoms with Gasteiger partial charge in [-0.15, -0.1) is 0 Å². The Kier molecular flexibility index (Phi) is 7.09. The van der Waals surface area contributed by atoms with E-state index < -0.39 is 22.7 Å². The molecule has 0 amide bonds. The first-order valence-corrected chi connectivity index (χ1v) is 9.45. The normalized spacial score (nSPS) is 18.7. The van der Waals surface area contributed by atoms with Gasteiger partial charge in [0, 0.05) is 26.7 Å². The highest BCUT2D eigenvalue weighted by molar-refractivity contribution is 7.86. The summed E-state index contributed by atoms with van der Waals surface area (Å²) in [7, 11) is -2.69. The Morgan fingerprint density at radius 3 is 2.58 bits per heavy atom. The number of halogens is 2. The third kappa shape index (κ3) is 4.95. The molecule has 0 bridgehead atoms. The van der Waals surface area contributed by atoms with E-state index in [1.165, 1.54) is 11.4 Å². The minimum Gasteiger partial charge on any atom is -0.380 e. The van der Waals surface area contributed by atoms with E-state index in [1.807, 2.05) is 30.3 Å². The molecule has 1 aromatic rings. The summed E-state index contributed by atoms with van der Waals surface area (Å²) in [6.07, 6.45) is -1.70. The highest BCUT2D eigenvalue weighted by Gasteiger charge is 2.36. The molecule has 1 atom stereocenters.